The van der Waals surface area contributed by atoms with Gasteiger partial charge in [0.05, 0.1) is 6.04 Å². The third-order valence-electron chi connectivity index (χ3n) is 2.89. The molecule has 0 unspecified atom stereocenters. The van der Waals surface area contributed by atoms with Crippen molar-refractivity contribution in [1.29, 1.82) is 0 Å². The van der Waals surface area contributed by atoms with Gasteiger partial charge in [0.1, 0.15) is 0 Å². The van der Waals surface area contributed by atoms with Gasteiger partial charge in [0.2, 0.25) is 5.91 Å². The standard InChI is InChI=1S/C15H13F3N2O/c16-11-7-10(8-12(17)14(11)18)20-15(21)13(19)6-9-4-2-1-3-5-9/h1-5,7-8,13H,6,19H2,(H,20,21)/t13-/m1/s1. The van der Waals surface area contributed by atoms with E-state index in [1.54, 1.807) is 0 Å². The second kappa shape index (κ2) is 6.41. The third kappa shape index (κ3) is 3.82. The molecule has 0 aliphatic heterocycles. The van der Waals surface area contributed by atoms with E-state index < -0.39 is 29.4 Å². The molecule has 2 rings (SSSR count). The van der Waals surface area contributed by atoms with Crippen molar-refractivity contribution in [3.63, 3.8) is 0 Å². The molecule has 2 aromatic carbocycles. The minimum Gasteiger partial charge on any atom is -0.325 e. The van der Waals surface area contributed by atoms with E-state index in [-0.39, 0.29) is 12.1 Å². The molecule has 1 atom stereocenters. The van der Waals surface area contributed by atoms with Gasteiger partial charge in [-0.05, 0) is 12.0 Å². The molecule has 0 saturated carbocycles. The summed E-state index contributed by atoms with van der Waals surface area (Å²) in [7, 11) is 0. The third-order valence-corrected chi connectivity index (χ3v) is 2.89. The first-order valence-corrected chi connectivity index (χ1v) is 6.22. The quantitative estimate of drug-likeness (QED) is 0.852. The van der Waals surface area contributed by atoms with Crippen molar-refractivity contribution in [2.24, 2.45) is 5.73 Å². The largest absolute Gasteiger partial charge is 0.325 e. The van der Waals surface area contributed by atoms with E-state index in [2.05, 4.69) is 5.32 Å². The molecule has 0 radical (unpaired) electrons. The maximum absolute atomic E-state index is 13.0. The molecule has 0 aliphatic carbocycles. The highest BCUT2D eigenvalue weighted by Crippen LogP contribution is 2.17. The summed E-state index contributed by atoms with van der Waals surface area (Å²) in [4.78, 5) is 11.8. The Morgan fingerprint density at radius 1 is 1.10 bits per heavy atom. The number of amides is 1. The SMILES string of the molecule is N[C@H](Cc1ccccc1)C(=O)Nc1cc(F)c(F)c(F)c1. The van der Waals surface area contributed by atoms with Crippen LogP contribution in [0.2, 0.25) is 0 Å². The number of hydrogen-bond donors (Lipinski definition) is 2. The van der Waals surface area contributed by atoms with Crippen LogP contribution in [0.5, 0.6) is 0 Å². The lowest BCUT2D eigenvalue weighted by atomic mass is 10.1. The van der Waals surface area contributed by atoms with E-state index in [0.29, 0.717) is 12.1 Å². The van der Waals surface area contributed by atoms with Gasteiger partial charge in [0.15, 0.2) is 17.5 Å². The van der Waals surface area contributed by atoms with Gasteiger partial charge in [0.25, 0.3) is 0 Å². The molecule has 110 valence electrons. The Morgan fingerprint density at radius 3 is 2.24 bits per heavy atom. The van der Waals surface area contributed by atoms with Gasteiger partial charge < -0.3 is 11.1 Å². The Labute approximate surface area is 119 Å². The highest BCUT2D eigenvalue weighted by Gasteiger charge is 2.16. The van der Waals surface area contributed by atoms with Crippen LogP contribution in [-0.2, 0) is 11.2 Å². The molecule has 0 aromatic heterocycles. The van der Waals surface area contributed by atoms with Crippen LogP contribution in [0.25, 0.3) is 0 Å². The highest BCUT2D eigenvalue weighted by molar-refractivity contribution is 5.94. The fourth-order valence-electron chi connectivity index (χ4n) is 1.82. The number of carbonyl (C=O) groups is 1. The van der Waals surface area contributed by atoms with E-state index in [0.717, 1.165) is 5.56 Å². The molecule has 6 heteroatoms. The first-order chi connectivity index (χ1) is 9.97. The minimum atomic E-state index is -1.58. The summed E-state index contributed by atoms with van der Waals surface area (Å²) in [5.74, 6) is -4.94. The maximum Gasteiger partial charge on any atom is 0.241 e. The lowest BCUT2D eigenvalue weighted by Crippen LogP contribution is -2.37. The number of carbonyl (C=O) groups excluding carboxylic acids is 1. The molecule has 2 aromatic rings. The van der Waals surface area contributed by atoms with E-state index in [4.69, 9.17) is 5.73 Å². The zero-order valence-corrected chi connectivity index (χ0v) is 10.9. The lowest BCUT2D eigenvalue weighted by Gasteiger charge is -2.12. The predicted octanol–water partition coefficient (Wildman–Crippen LogP) is 2.61. The topological polar surface area (TPSA) is 55.1 Å². The molecule has 0 heterocycles. The van der Waals surface area contributed by atoms with Crippen LogP contribution in [-0.4, -0.2) is 11.9 Å². The van der Waals surface area contributed by atoms with E-state index in [1.165, 1.54) is 0 Å². The number of nitrogens with two attached hydrogens (primary N) is 1. The molecule has 0 bridgehead atoms. The predicted molar refractivity (Wildman–Crippen MR) is 73.1 cm³/mol. The number of hydrogen-bond acceptors (Lipinski definition) is 2. The maximum atomic E-state index is 13.0. The smallest absolute Gasteiger partial charge is 0.241 e. The van der Waals surface area contributed by atoms with Crippen LogP contribution in [0.15, 0.2) is 42.5 Å². The normalized spacial score (nSPS) is 12.0. The molecule has 21 heavy (non-hydrogen) atoms. The second-order valence-corrected chi connectivity index (χ2v) is 4.54. The number of anilines is 1. The summed E-state index contributed by atoms with van der Waals surface area (Å²) in [5, 5.41) is 2.26. The monoisotopic (exact) mass is 294 g/mol. The zero-order chi connectivity index (χ0) is 15.4. The fourth-order valence-corrected chi connectivity index (χ4v) is 1.82. The van der Waals surface area contributed by atoms with Crippen LogP contribution in [0, 0.1) is 17.5 Å². The average molecular weight is 294 g/mol. The van der Waals surface area contributed by atoms with E-state index in [1.807, 2.05) is 30.3 Å². The Balaban J connectivity index is 2.04. The van der Waals surface area contributed by atoms with Crippen LogP contribution >= 0.6 is 0 Å². The summed E-state index contributed by atoms with van der Waals surface area (Å²) in [6.45, 7) is 0. The Hall–Kier alpha value is -2.34. The van der Waals surface area contributed by atoms with E-state index in [9.17, 15) is 18.0 Å². The van der Waals surface area contributed by atoms with Crippen LogP contribution < -0.4 is 11.1 Å². The Morgan fingerprint density at radius 2 is 1.67 bits per heavy atom. The molecule has 0 saturated heterocycles. The number of halogens is 3. The molecule has 0 fully saturated rings. The van der Waals surface area contributed by atoms with Crippen molar-refractivity contribution in [1.82, 2.24) is 0 Å². The molecule has 0 spiro atoms. The van der Waals surface area contributed by atoms with Crippen LogP contribution in [0.1, 0.15) is 5.56 Å². The van der Waals surface area contributed by atoms with Crippen molar-refractivity contribution < 1.29 is 18.0 Å². The number of nitrogens with one attached hydrogen (secondary N) is 1. The first kappa shape index (κ1) is 15.1. The lowest BCUT2D eigenvalue weighted by molar-refractivity contribution is -0.117. The highest BCUT2D eigenvalue weighted by atomic mass is 19.2. The van der Waals surface area contributed by atoms with Crippen molar-refractivity contribution in [3.8, 4) is 0 Å². The van der Waals surface area contributed by atoms with Crippen LogP contribution in [0.4, 0.5) is 18.9 Å². The van der Waals surface area contributed by atoms with Crippen LogP contribution in [0.3, 0.4) is 0 Å². The first-order valence-electron chi connectivity index (χ1n) is 6.22. The zero-order valence-electron chi connectivity index (χ0n) is 10.9. The summed E-state index contributed by atoms with van der Waals surface area (Å²) >= 11 is 0. The minimum absolute atomic E-state index is 0.181. The summed E-state index contributed by atoms with van der Waals surface area (Å²) in [6, 6.07) is 9.59. The number of benzene rings is 2. The summed E-state index contributed by atoms with van der Waals surface area (Å²) < 4.78 is 38.9. The second-order valence-electron chi connectivity index (χ2n) is 4.54. The molecule has 1 amide bonds. The Kier molecular flexibility index (Phi) is 4.59. The van der Waals surface area contributed by atoms with Gasteiger partial charge in [-0.25, -0.2) is 13.2 Å². The van der Waals surface area contributed by atoms with Crippen molar-refractivity contribution in [2.75, 3.05) is 5.32 Å². The van der Waals surface area contributed by atoms with Gasteiger partial charge in [-0.1, -0.05) is 30.3 Å². The van der Waals surface area contributed by atoms with E-state index >= 15 is 0 Å². The fraction of sp³-hybridized carbons (Fsp3) is 0.133. The molecule has 3 nitrogen and oxygen atoms in total. The van der Waals surface area contributed by atoms with Crippen molar-refractivity contribution in [2.45, 2.75) is 12.5 Å². The number of rotatable bonds is 4. The summed E-state index contributed by atoms with van der Waals surface area (Å²) in [6.07, 6.45) is 0.277. The molecular formula is C15H13F3N2O. The van der Waals surface area contributed by atoms with Crippen molar-refractivity contribution >= 4 is 11.6 Å². The van der Waals surface area contributed by atoms with Gasteiger partial charge in [-0.3, -0.25) is 4.79 Å². The molecule has 3 N–H and O–H groups in total. The molecular weight excluding hydrogens is 281 g/mol. The van der Waals surface area contributed by atoms with Gasteiger partial charge in [-0.15, -0.1) is 0 Å². The van der Waals surface area contributed by atoms with Crippen molar-refractivity contribution in [3.05, 3.63) is 65.5 Å². The van der Waals surface area contributed by atoms with Gasteiger partial charge >= 0.3 is 0 Å². The summed E-state index contributed by atoms with van der Waals surface area (Å²) in [5.41, 5.74) is 6.41. The van der Waals surface area contributed by atoms with Gasteiger partial charge in [0, 0.05) is 17.8 Å². The average Bonchev–Trinajstić information content (AvgIpc) is 2.45. The Bertz CT molecular complexity index is 624. The molecule has 0 aliphatic rings. The van der Waals surface area contributed by atoms with Gasteiger partial charge in [-0.2, -0.15) is 0 Å².